The van der Waals surface area contributed by atoms with Crippen LogP contribution in [0, 0.1) is 0 Å². The van der Waals surface area contributed by atoms with Crippen LogP contribution in [-0.2, 0) is 16.0 Å². The zero-order valence-electron chi connectivity index (χ0n) is 13.9. The fraction of sp³-hybridized carbons (Fsp3) is 0.143. The first-order valence-corrected chi connectivity index (χ1v) is 8.13. The summed E-state index contributed by atoms with van der Waals surface area (Å²) < 4.78 is 5.50. The smallest absolute Gasteiger partial charge is 0.334 e. The standard InChI is InChI=1S/C21H19NO3/c1-15(23)22-20(13-16-7-3-2-4-8-16)21(24)25-19-12-11-17-9-5-6-10-18(17)14-19/h2-12,14,20H,13H2,1H3,(H,22,23)/t20-/m0/s1. The Bertz CT molecular complexity index is 890. The number of benzene rings is 3. The van der Waals surface area contributed by atoms with Gasteiger partial charge in [0.25, 0.3) is 0 Å². The Balaban J connectivity index is 1.77. The number of amides is 1. The molecule has 4 heteroatoms. The van der Waals surface area contributed by atoms with Crippen LogP contribution in [0.5, 0.6) is 5.75 Å². The molecule has 0 aromatic heterocycles. The lowest BCUT2D eigenvalue weighted by Crippen LogP contribution is -2.43. The summed E-state index contributed by atoms with van der Waals surface area (Å²) in [5.41, 5.74) is 0.955. The van der Waals surface area contributed by atoms with Gasteiger partial charge in [0.15, 0.2) is 0 Å². The molecule has 3 aromatic rings. The largest absolute Gasteiger partial charge is 0.425 e. The normalized spacial score (nSPS) is 11.7. The highest BCUT2D eigenvalue weighted by atomic mass is 16.5. The molecule has 25 heavy (non-hydrogen) atoms. The summed E-state index contributed by atoms with van der Waals surface area (Å²) >= 11 is 0. The fourth-order valence-corrected chi connectivity index (χ4v) is 2.71. The molecule has 0 radical (unpaired) electrons. The molecular weight excluding hydrogens is 314 g/mol. The van der Waals surface area contributed by atoms with E-state index in [0.29, 0.717) is 12.2 Å². The molecule has 126 valence electrons. The summed E-state index contributed by atoms with van der Waals surface area (Å²) in [6.07, 6.45) is 0.382. The zero-order valence-corrected chi connectivity index (χ0v) is 13.9. The third kappa shape index (κ3) is 4.44. The Labute approximate surface area is 146 Å². The average molecular weight is 333 g/mol. The number of hydrogen-bond acceptors (Lipinski definition) is 3. The van der Waals surface area contributed by atoms with Gasteiger partial charge in [-0.2, -0.15) is 0 Å². The van der Waals surface area contributed by atoms with Crippen molar-refractivity contribution in [1.29, 1.82) is 0 Å². The van der Waals surface area contributed by atoms with Crippen LogP contribution in [-0.4, -0.2) is 17.9 Å². The minimum absolute atomic E-state index is 0.267. The van der Waals surface area contributed by atoms with E-state index in [9.17, 15) is 9.59 Å². The highest BCUT2D eigenvalue weighted by Gasteiger charge is 2.22. The fourth-order valence-electron chi connectivity index (χ4n) is 2.71. The van der Waals surface area contributed by atoms with Crippen LogP contribution < -0.4 is 10.1 Å². The molecule has 3 rings (SSSR count). The van der Waals surface area contributed by atoms with Crippen LogP contribution in [0.15, 0.2) is 72.8 Å². The van der Waals surface area contributed by atoms with Gasteiger partial charge in [0.1, 0.15) is 11.8 Å². The number of esters is 1. The van der Waals surface area contributed by atoms with Crippen molar-refractivity contribution in [2.24, 2.45) is 0 Å². The van der Waals surface area contributed by atoms with E-state index in [0.717, 1.165) is 16.3 Å². The van der Waals surface area contributed by atoms with Gasteiger partial charge in [0.05, 0.1) is 0 Å². The Morgan fingerprint density at radius 2 is 1.60 bits per heavy atom. The molecule has 1 amide bonds. The van der Waals surface area contributed by atoms with Gasteiger partial charge in [-0.25, -0.2) is 4.79 Å². The van der Waals surface area contributed by atoms with E-state index in [1.807, 2.05) is 66.7 Å². The van der Waals surface area contributed by atoms with Gasteiger partial charge in [-0.3, -0.25) is 4.79 Å². The second-order valence-corrected chi connectivity index (χ2v) is 5.87. The van der Waals surface area contributed by atoms with Crippen LogP contribution in [0.1, 0.15) is 12.5 Å². The Kier molecular flexibility index (Phi) is 5.09. The van der Waals surface area contributed by atoms with Crippen molar-refractivity contribution in [2.45, 2.75) is 19.4 Å². The van der Waals surface area contributed by atoms with E-state index in [2.05, 4.69) is 5.32 Å². The number of rotatable bonds is 5. The van der Waals surface area contributed by atoms with Crippen molar-refractivity contribution in [3.05, 3.63) is 78.4 Å². The van der Waals surface area contributed by atoms with E-state index < -0.39 is 12.0 Å². The van der Waals surface area contributed by atoms with Crippen LogP contribution in [0.2, 0.25) is 0 Å². The molecule has 0 fully saturated rings. The molecule has 3 aromatic carbocycles. The van der Waals surface area contributed by atoms with E-state index >= 15 is 0 Å². The lowest BCUT2D eigenvalue weighted by atomic mass is 10.1. The van der Waals surface area contributed by atoms with Crippen molar-refractivity contribution in [2.75, 3.05) is 0 Å². The number of carbonyl (C=O) groups is 2. The maximum atomic E-state index is 12.6. The lowest BCUT2D eigenvalue weighted by molar-refractivity contribution is -0.139. The minimum atomic E-state index is -0.730. The molecule has 0 heterocycles. The van der Waals surface area contributed by atoms with Crippen molar-refractivity contribution < 1.29 is 14.3 Å². The van der Waals surface area contributed by atoms with Gasteiger partial charge >= 0.3 is 5.97 Å². The van der Waals surface area contributed by atoms with Gasteiger partial charge < -0.3 is 10.1 Å². The molecular formula is C21H19NO3. The monoisotopic (exact) mass is 333 g/mol. The number of carbonyl (C=O) groups excluding carboxylic acids is 2. The maximum Gasteiger partial charge on any atom is 0.334 e. The summed E-state index contributed by atoms with van der Waals surface area (Å²) in [4.78, 5) is 24.0. The van der Waals surface area contributed by atoms with Crippen LogP contribution in [0.25, 0.3) is 10.8 Å². The molecule has 0 bridgehead atoms. The van der Waals surface area contributed by atoms with Crippen molar-refractivity contribution in [1.82, 2.24) is 5.32 Å². The first-order valence-electron chi connectivity index (χ1n) is 8.13. The van der Waals surface area contributed by atoms with E-state index in [4.69, 9.17) is 4.74 Å². The van der Waals surface area contributed by atoms with E-state index in [1.54, 1.807) is 6.07 Å². The van der Waals surface area contributed by atoms with Gasteiger partial charge in [0.2, 0.25) is 5.91 Å². The quantitative estimate of drug-likeness (QED) is 0.574. The highest BCUT2D eigenvalue weighted by molar-refractivity contribution is 5.87. The number of nitrogens with one attached hydrogen (secondary N) is 1. The third-order valence-corrected chi connectivity index (χ3v) is 3.88. The SMILES string of the molecule is CC(=O)N[C@@H](Cc1ccccc1)C(=O)Oc1ccc2ccccc2c1. The number of fused-ring (bicyclic) bond motifs is 1. The van der Waals surface area contributed by atoms with Crippen molar-refractivity contribution in [3.63, 3.8) is 0 Å². The topological polar surface area (TPSA) is 55.4 Å². The lowest BCUT2D eigenvalue weighted by Gasteiger charge is -2.17. The molecule has 1 N–H and O–H groups in total. The van der Waals surface area contributed by atoms with Gasteiger partial charge in [-0.1, -0.05) is 60.7 Å². The predicted molar refractivity (Wildman–Crippen MR) is 97.3 cm³/mol. The summed E-state index contributed by atoms with van der Waals surface area (Å²) in [6, 6.07) is 22.1. The molecule has 0 aliphatic heterocycles. The summed E-state index contributed by atoms with van der Waals surface area (Å²) in [5, 5.41) is 4.74. The third-order valence-electron chi connectivity index (χ3n) is 3.88. The molecule has 0 saturated carbocycles. The maximum absolute atomic E-state index is 12.6. The van der Waals surface area contributed by atoms with Gasteiger partial charge in [0, 0.05) is 13.3 Å². The molecule has 0 unspecified atom stereocenters. The summed E-state index contributed by atoms with van der Waals surface area (Å²) in [6.45, 7) is 1.39. The molecule has 0 saturated heterocycles. The minimum Gasteiger partial charge on any atom is -0.425 e. The Morgan fingerprint density at radius 1 is 0.920 bits per heavy atom. The van der Waals surface area contributed by atoms with Crippen molar-refractivity contribution >= 4 is 22.6 Å². The predicted octanol–water partition coefficient (Wildman–Crippen LogP) is 3.49. The number of hydrogen-bond donors (Lipinski definition) is 1. The summed E-state index contributed by atoms with van der Waals surface area (Å²) in [5.74, 6) is -0.280. The molecule has 0 aliphatic rings. The molecule has 0 aliphatic carbocycles. The number of ether oxygens (including phenoxy) is 1. The van der Waals surface area contributed by atoms with Crippen LogP contribution in [0.3, 0.4) is 0 Å². The Morgan fingerprint density at radius 3 is 2.32 bits per heavy atom. The first kappa shape index (κ1) is 16.7. The zero-order chi connectivity index (χ0) is 17.6. The Hall–Kier alpha value is -3.14. The summed E-state index contributed by atoms with van der Waals surface area (Å²) in [7, 11) is 0. The highest BCUT2D eigenvalue weighted by Crippen LogP contribution is 2.21. The van der Waals surface area contributed by atoms with Gasteiger partial charge in [-0.05, 0) is 28.5 Å². The second kappa shape index (κ2) is 7.62. The van der Waals surface area contributed by atoms with Gasteiger partial charge in [-0.15, -0.1) is 0 Å². The van der Waals surface area contributed by atoms with Crippen molar-refractivity contribution in [3.8, 4) is 5.75 Å². The first-order chi connectivity index (χ1) is 12.1. The van der Waals surface area contributed by atoms with Crippen LogP contribution >= 0.6 is 0 Å². The van der Waals surface area contributed by atoms with Crippen LogP contribution in [0.4, 0.5) is 0 Å². The van der Waals surface area contributed by atoms with E-state index in [-0.39, 0.29) is 5.91 Å². The molecule has 1 atom stereocenters. The van der Waals surface area contributed by atoms with E-state index in [1.165, 1.54) is 6.92 Å². The second-order valence-electron chi connectivity index (χ2n) is 5.87. The molecule has 4 nitrogen and oxygen atoms in total. The average Bonchev–Trinajstić information content (AvgIpc) is 2.61. The molecule has 0 spiro atoms.